The molecule has 0 radical (unpaired) electrons. The lowest BCUT2D eigenvalue weighted by atomic mass is 10.1. The van der Waals surface area contributed by atoms with Crippen molar-refractivity contribution in [3.05, 3.63) is 71.3 Å². The van der Waals surface area contributed by atoms with Gasteiger partial charge in [-0.25, -0.2) is 4.39 Å². The van der Waals surface area contributed by atoms with Gasteiger partial charge < -0.3 is 4.90 Å². The zero-order valence-corrected chi connectivity index (χ0v) is 12.8. The summed E-state index contributed by atoms with van der Waals surface area (Å²) in [6.45, 7) is 2.47. The predicted octanol–water partition coefficient (Wildman–Crippen LogP) is 3.33. The number of amides is 1. The first-order valence-corrected chi connectivity index (χ1v) is 7.12. The first-order chi connectivity index (χ1) is 10.6. The molecule has 0 aliphatic rings. The van der Waals surface area contributed by atoms with E-state index in [9.17, 15) is 9.18 Å². The average molecular weight is 298 g/mol. The Balaban J connectivity index is 1.97. The van der Waals surface area contributed by atoms with Crippen LogP contribution in [0, 0.1) is 5.82 Å². The summed E-state index contributed by atoms with van der Waals surface area (Å²) >= 11 is 0. The summed E-state index contributed by atoms with van der Waals surface area (Å²) in [4.78, 5) is 17.6. The third kappa shape index (κ3) is 4.52. The van der Waals surface area contributed by atoms with E-state index in [2.05, 4.69) is 4.98 Å². The molecule has 0 unspecified atom stereocenters. The van der Waals surface area contributed by atoms with Crippen molar-refractivity contribution in [3.63, 3.8) is 0 Å². The van der Waals surface area contributed by atoms with Crippen molar-refractivity contribution in [1.82, 2.24) is 9.88 Å². The van der Waals surface area contributed by atoms with Gasteiger partial charge in [-0.15, -0.1) is 0 Å². The standard InChI is InChI=1S/C18H19FN2O/c1-14(11-15-7-4-3-5-8-15)13-21(2)18(22)12-17-16(19)9-6-10-20-17/h3-11H,12-13H2,1-2H3/b14-11+. The molecule has 22 heavy (non-hydrogen) atoms. The third-order valence-electron chi connectivity index (χ3n) is 3.28. The van der Waals surface area contributed by atoms with Crippen molar-refractivity contribution in [2.24, 2.45) is 0 Å². The number of pyridine rings is 1. The lowest BCUT2D eigenvalue weighted by Gasteiger charge is -2.17. The third-order valence-corrected chi connectivity index (χ3v) is 3.28. The lowest BCUT2D eigenvalue weighted by Crippen LogP contribution is -2.30. The first-order valence-electron chi connectivity index (χ1n) is 7.12. The van der Waals surface area contributed by atoms with E-state index >= 15 is 0 Å². The molecule has 0 saturated carbocycles. The highest BCUT2D eigenvalue weighted by Crippen LogP contribution is 2.09. The fourth-order valence-electron chi connectivity index (χ4n) is 2.17. The van der Waals surface area contributed by atoms with Crippen LogP contribution in [0.3, 0.4) is 0 Å². The molecule has 114 valence electrons. The molecule has 1 aromatic heterocycles. The van der Waals surface area contributed by atoms with Crippen LogP contribution in [0.1, 0.15) is 18.2 Å². The summed E-state index contributed by atoms with van der Waals surface area (Å²) in [5.41, 5.74) is 2.34. The van der Waals surface area contributed by atoms with E-state index in [1.165, 1.54) is 18.3 Å². The van der Waals surface area contributed by atoms with E-state index in [0.29, 0.717) is 6.54 Å². The maximum absolute atomic E-state index is 13.5. The number of hydrogen-bond donors (Lipinski definition) is 0. The van der Waals surface area contributed by atoms with Crippen molar-refractivity contribution in [1.29, 1.82) is 0 Å². The van der Waals surface area contributed by atoms with Crippen LogP contribution in [0.4, 0.5) is 4.39 Å². The maximum Gasteiger partial charge on any atom is 0.228 e. The molecule has 0 aliphatic heterocycles. The Labute approximate surface area is 130 Å². The normalized spacial score (nSPS) is 11.3. The Morgan fingerprint density at radius 3 is 2.64 bits per heavy atom. The number of aromatic nitrogens is 1. The minimum absolute atomic E-state index is 0.0260. The van der Waals surface area contributed by atoms with Crippen LogP contribution in [0.2, 0.25) is 0 Å². The highest BCUT2D eigenvalue weighted by Gasteiger charge is 2.13. The van der Waals surface area contributed by atoms with Gasteiger partial charge in [0, 0.05) is 19.8 Å². The molecular weight excluding hydrogens is 279 g/mol. The highest BCUT2D eigenvalue weighted by atomic mass is 19.1. The van der Waals surface area contributed by atoms with Crippen LogP contribution in [0.5, 0.6) is 0 Å². The van der Waals surface area contributed by atoms with Gasteiger partial charge in [0.15, 0.2) is 0 Å². The van der Waals surface area contributed by atoms with Crippen LogP contribution >= 0.6 is 0 Å². The number of nitrogens with zero attached hydrogens (tertiary/aromatic N) is 2. The molecule has 1 heterocycles. The number of rotatable bonds is 5. The molecule has 2 rings (SSSR count). The van der Waals surface area contributed by atoms with Gasteiger partial charge in [-0.2, -0.15) is 0 Å². The quantitative estimate of drug-likeness (QED) is 0.848. The molecule has 0 bridgehead atoms. The van der Waals surface area contributed by atoms with Crippen LogP contribution in [-0.2, 0) is 11.2 Å². The van der Waals surface area contributed by atoms with Gasteiger partial charge in [0.25, 0.3) is 0 Å². The van der Waals surface area contributed by atoms with E-state index in [1.807, 2.05) is 43.3 Å². The smallest absolute Gasteiger partial charge is 0.228 e. The second-order valence-electron chi connectivity index (χ2n) is 5.26. The average Bonchev–Trinajstić information content (AvgIpc) is 2.50. The Bertz CT molecular complexity index is 668. The van der Waals surface area contributed by atoms with Crippen LogP contribution in [0.15, 0.2) is 54.2 Å². The molecule has 0 atom stereocenters. The summed E-state index contributed by atoms with van der Waals surface area (Å²) < 4.78 is 13.5. The van der Waals surface area contributed by atoms with Gasteiger partial charge >= 0.3 is 0 Å². The second-order valence-corrected chi connectivity index (χ2v) is 5.26. The summed E-state index contributed by atoms with van der Waals surface area (Å²) in [6, 6.07) is 12.7. The fourth-order valence-corrected chi connectivity index (χ4v) is 2.17. The Morgan fingerprint density at radius 2 is 1.95 bits per heavy atom. The van der Waals surface area contributed by atoms with Crippen molar-refractivity contribution < 1.29 is 9.18 Å². The van der Waals surface area contributed by atoms with Gasteiger partial charge in [-0.05, 0) is 24.6 Å². The number of carbonyl (C=O) groups excluding carboxylic acids is 1. The number of halogens is 1. The van der Waals surface area contributed by atoms with Crippen LogP contribution in [-0.4, -0.2) is 29.4 Å². The van der Waals surface area contributed by atoms with E-state index in [-0.39, 0.29) is 18.0 Å². The number of hydrogen-bond acceptors (Lipinski definition) is 2. The first kappa shape index (κ1) is 15.9. The SMILES string of the molecule is C/C(=C\c1ccccc1)CN(C)C(=O)Cc1ncccc1F. The predicted molar refractivity (Wildman–Crippen MR) is 85.6 cm³/mol. The molecule has 0 N–H and O–H groups in total. The van der Waals surface area contributed by atoms with Crippen LogP contribution < -0.4 is 0 Å². The lowest BCUT2D eigenvalue weighted by molar-refractivity contribution is -0.128. The van der Waals surface area contributed by atoms with Gasteiger partial charge in [-0.3, -0.25) is 9.78 Å². The molecule has 1 aromatic carbocycles. The van der Waals surface area contributed by atoms with E-state index in [0.717, 1.165) is 11.1 Å². The van der Waals surface area contributed by atoms with E-state index < -0.39 is 5.82 Å². The summed E-state index contributed by atoms with van der Waals surface area (Å²) in [7, 11) is 1.71. The van der Waals surface area contributed by atoms with Gasteiger partial charge in [-0.1, -0.05) is 42.0 Å². The minimum atomic E-state index is -0.444. The molecule has 0 fully saturated rings. The number of carbonyl (C=O) groups is 1. The molecular formula is C18H19FN2O. The summed E-state index contributed by atoms with van der Waals surface area (Å²) in [5, 5.41) is 0. The molecule has 0 aliphatic carbocycles. The van der Waals surface area contributed by atoms with Crippen LogP contribution in [0.25, 0.3) is 6.08 Å². The van der Waals surface area contributed by atoms with Crippen molar-refractivity contribution in [2.75, 3.05) is 13.6 Å². The molecule has 4 heteroatoms. The van der Waals surface area contributed by atoms with E-state index in [1.54, 1.807) is 11.9 Å². The monoisotopic (exact) mass is 298 g/mol. The largest absolute Gasteiger partial charge is 0.341 e. The summed E-state index contributed by atoms with van der Waals surface area (Å²) in [5.74, 6) is -0.598. The molecule has 3 nitrogen and oxygen atoms in total. The van der Waals surface area contributed by atoms with Crippen molar-refractivity contribution in [3.8, 4) is 0 Å². The topological polar surface area (TPSA) is 33.2 Å². The van der Waals surface area contributed by atoms with Crippen molar-refractivity contribution >= 4 is 12.0 Å². The van der Waals surface area contributed by atoms with Gasteiger partial charge in [0.05, 0.1) is 12.1 Å². The zero-order valence-electron chi connectivity index (χ0n) is 12.8. The van der Waals surface area contributed by atoms with Crippen molar-refractivity contribution in [2.45, 2.75) is 13.3 Å². The Hall–Kier alpha value is -2.49. The second kappa shape index (κ2) is 7.50. The Morgan fingerprint density at radius 1 is 1.23 bits per heavy atom. The number of likely N-dealkylation sites (N-methyl/N-ethyl adjacent to an activating group) is 1. The molecule has 1 amide bonds. The maximum atomic E-state index is 13.5. The minimum Gasteiger partial charge on any atom is -0.341 e. The van der Waals surface area contributed by atoms with Gasteiger partial charge in [0.2, 0.25) is 5.91 Å². The van der Waals surface area contributed by atoms with E-state index in [4.69, 9.17) is 0 Å². The highest BCUT2D eigenvalue weighted by molar-refractivity contribution is 5.78. The number of benzene rings is 1. The fraction of sp³-hybridized carbons (Fsp3) is 0.222. The molecule has 0 saturated heterocycles. The Kier molecular flexibility index (Phi) is 5.42. The zero-order chi connectivity index (χ0) is 15.9. The van der Waals surface area contributed by atoms with Gasteiger partial charge in [0.1, 0.15) is 5.82 Å². The molecule has 2 aromatic rings. The summed E-state index contributed by atoms with van der Waals surface area (Å²) in [6.07, 6.45) is 3.50. The molecule has 0 spiro atoms.